The lowest BCUT2D eigenvalue weighted by molar-refractivity contribution is 0.501. The van der Waals surface area contributed by atoms with Crippen LogP contribution in [0.15, 0.2) is 0 Å². The molecule has 22 heavy (non-hydrogen) atoms. The van der Waals surface area contributed by atoms with Crippen LogP contribution in [0, 0.1) is 20.8 Å². The summed E-state index contributed by atoms with van der Waals surface area (Å²) >= 11 is 0. The number of nitrogens with two attached hydrogens (primary N) is 1. The quantitative estimate of drug-likeness (QED) is 0.824. The van der Waals surface area contributed by atoms with Crippen LogP contribution in [0.1, 0.15) is 17.1 Å². The summed E-state index contributed by atoms with van der Waals surface area (Å²) in [6, 6.07) is 0. The Hall–Kier alpha value is -1.71. The minimum atomic E-state index is -3.43. The minimum absolute atomic E-state index is 0.271. The second-order valence-electron chi connectivity index (χ2n) is 5.40. The maximum absolute atomic E-state index is 11.7. The predicted octanol–water partition coefficient (Wildman–Crippen LogP) is 0.335. The second-order valence-corrected chi connectivity index (χ2v) is 7.37. The standard InChI is InChI=1S/C13H22N6O2S/c1-8-9(2)16-13(14)11-12(8)19(10(3)17-11)7-6-15-22(20,21)18(4)5/h15H,6-7H2,1-5H3,(H2,14,16). The molecule has 0 aromatic carbocycles. The van der Waals surface area contributed by atoms with E-state index in [9.17, 15) is 8.42 Å². The van der Waals surface area contributed by atoms with Crippen LogP contribution in [0.4, 0.5) is 5.82 Å². The molecule has 0 aliphatic heterocycles. The van der Waals surface area contributed by atoms with Crippen molar-refractivity contribution in [2.45, 2.75) is 27.3 Å². The molecule has 0 atom stereocenters. The lowest BCUT2D eigenvalue weighted by Gasteiger charge is -2.14. The van der Waals surface area contributed by atoms with Crippen molar-refractivity contribution >= 4 is 27.1 Å². The van der Waals surface area contributed by atoms with Crippen molar-refractivity contribution in [3.8, 4) is 0 Å². The molecule has 9 heteroatoms. The lowest BCUT2D eigenvalue weighted by atomic mass is 10.2. The summed E-state index contributed by atoms with van der Waals surface area (Å²) in [5.74, 6) is 1.18. The van der Waals surface area contributed by atoms with Crippen LogP contribution in [0.2, 0.25) is 0 Å². The van der Waals surface area contributed by atoms with Gasteiger partial charge < -0.3 is 10.3 Å². The molecular formula is C13H22N6O2S. The molecule has 3 N–H and O–H groups in total. The van der Waals surface area contributed by atoms with Gasteiger partial charge in [0.25, 0.3) is 10.2 Å². The van der Waals surface area contributed by atoms with Crippen molar-refractivity contribution in [3.05, 3.63) is 17.1 Å². The molecule has 2 rings (SSSR count). The number of imidazole rings is 1. The molecule has 0 fully saturated rings. The number of aromatic nitrogens is 3. The van der Waals surface area contributed by atoms with Crippen LogP contribution >= 0.6 is 0 Å². The van der Waals surface area contributed by atoms with Gasteiger partial charge in [0.1, 0.15) is 11.3 Å². The molecule has 0 unspecified atom stereocenters. The number of fused-ring (bicyclic) bond motifs is 1. The molecule has 0 aliphatic rings. The molecule has 2 aromatic rings. The van der Waals surface area contributed by atoms with E-state index in [1.165, 1.54) is 14.1 Å². The molecule has 2 aromatic heterocycles. The summed E-state index contributed by atoms with van der Waals surface area (Å²) < 4.78 is 29.1. The van der Waals surface area contributed by atoms with Crippen molar-refractivity contribution in [1.82, 2.24) is 23.6 Å². The highest BCUT2D eigenvalue weighted by Gasteiger charge is 2.17. The number of nitrogens with zero attached hydrogens (tertiary/aromatic N) is 4. The van der Waals surface area contributed by atoms with Gasteiger partial charge in [-0.1, -0.05) is 0 Å². The van der Waals surface area contributed by atoms with Crippen molar-refractivity contribution in [1.29, 1.82) is 0 Å². The largest absolute Gasteiger partial charge is 0.382 e. The Morgan fingerprint density at radius 3 is 2.45 bits per heavy atom. The molecular weight excluding hydrogens is 304 g/mol. The molecule has 0 amide bonds. The third-order valence-corrected chi connectivity index (χ3v) is 5.22. The van der Waals surface area contributed by atoms with Crippen molar-refractivity contribution in [2.24, 2.45) is 0 Å². The summed E-state index contributed by atoms with van der Waals surface area (Å²) in [7, 11) is -0.459. The van der Waals surface area contributed by atoms with Crippen LogP contribution in [-0.4, -0.2) is 47.9 Å². The molecule has 0 saturated heterocycles. The predicted molar refractivity (Wildman–Crippen MR) is 86.8 cm³/mol. The highest BCUT2D eigenvalue weighted by Crippen LogP contribution is 2.25. The Kier molecular flexibility index (Phi) is 4.41. The van der Waals surface area contributed by atoms with E-state index >= 15 is 0 Å². The van der Waals surface area contributed by atoms with Gasteiger partial charge in [0, 0.05) is 32.9 Å². The Bertz CT molecular complexity index is 810. The number of hydrogen-bond donors (Lipinski definition) is 2. The fourth-order valence-electron chi connectivity index (χ4n) is 2.30. The van der Waals surface area contributed by atoms with E-state index in [0.29, 0.717) is 17.9 Å². The van der Waals surface area contributed by atoms with Gasteiger partial charge in [0.2, 0.25) is 0 Å². The summed E-state index contributed by atoms with van der Waals surface area (Å²) in [6.45, 7) is 6.47. The van der Waals surface area contributed by atoms with Gasteiger partial charge in [-0.25, -0.2) is 14.7 Å². The average Bonchev–Trinajstić information content (AvgIpc) is 2.74. The molecule has 2 heterocycles. The zero-order valence-corrected chi connectivity index (χ0v) is 14.3. The number of aryl methyl sites for hydroxylation is 3. The maximum atomic E-state index is 11.7. The normalized spacial score (nSPS) is 12.5. The Morgan fingerprint density at radius 2 is 1.86 bits per heavy atom. The van der Waals surface area contributed by atoms with Crippen LogP contribution < -0.4 is 10.5 Å². The highest BCUT2D eigenvalue weighted by atomic mass is 32.2. The topological polar surface area (TPSA) is 106 Å². The summed E-state index contributed by atoms with van der Waals surface area (Å²) in [5.41, 5.74) is 9.36. The number of hydrogen-bond acceptors (Lipinski definition) is 5. The maximum Gasteiger partial charge on any atom is 0.278 e. The number of rotatable bonds is 5. The first kappa shape index (κ1) is 16.7. The Balaban J connectivity index is 2.35. The van der Waals surface area contributed by atoms with Gasteiger partial charge in [-0.05, 0) is 26.3 Å². The fraction of sp³-hybridized carbons (Fsp3) is 0.538. The molecule has 8 nitrogen and oxygen atoms in total. The van der Waals surface area contributed by atoms with Crippen molar-refractivity contribution in [3.63, 3.8) is 0 Å². The van der Waals surface area contributed by atoms with E-state index in [1.807, 2.05) is 25.3 Å². The summed E-state index contributed by atoms with van der Waals surface area (Å²) in [5, 5.41) is 0. The molecule has 0 spiro atoms. The first-order chi connectivity index (χ1) is 10.1. The highest BCUT2D eigenvalue weighted by molar-refractivity contribution is 7.87. The molecule has 0 saturated carbocycles. The van der Waals surface area contributed by atoms with Crippen LogP contribution in [0.5, 0.6) is 0 Å². The lowest BCUT2D eigenvalue weighted by Crippen LogP contribution is -2.37. The Labute approximate surface area is 130 Å². The summed E-state index contributed by atoms with van der Waals surface area (Å²) in [6.07, 6.45) is 0. The van der Waals surface area contributed by atoms with Gasteiger partial charge in [-0.3, -0.25) is 0 Å². The van der Waals surface area contributed by atoms with Crippen LogP contribution in [0.3, 0.4) is 0 Å². The number of anilines is 1. The third-order valence-electron chi connectivity index (χ3n) is 3.69. The zero-order chi connectivity index (χ0) is 16.7. The fourth-order valence-corrected chi connectivity index (χ4v) is 2.91. The number of pyridine rings is 1. The average molecular weight is 326 g/mol. The smallest absolute Gasteiger partial charge is 0.278 e. The van der Waals surface area contributed by atoms with Gasteiger partial charge in [-0.2, -0.15) is 12.7 Å². The van der Waals surface area contributed by atoms with E-state index in [0.717, 1.165) is 26.9 Å². The molecule has 0 aliphatic carbocycles. The van der Waals surface area contributed by atoms with Gasteiger partial charge in [0.05, 0.1) is 5.52 Å². The van der Waals surface area contributed by atoms with E-state index in [4.69, 9.17) is 5.73 Å². The van der Waals surface area contributed by atoms with E-state index in [-0.39, 0.29) is 6.54 Å². The van der Waals surface area contributed by atoms with Gasteiger partial charge >= 0.3 is 0 Å². The van der Waals surface area contributed by atoms with Crippen LogP contribution in [0.25, 0.3) is 11.0 Å². The SMILES string of the molecule is Cc1nc(N)c2nc(C)n(CCNS(=O)(=O)N(C)C)c2c1C. The van der Waals surface area contributed by atoms with Crippen molar-refractivity contribution in [2.75, 3.05) is 26.4 Å². The second kappa shape index (κ2) is 5.82. The first-order valence-corrected chi connectivity index (χ1v) is 8.35. The van der Waals surface area contributed by atoms with E-state index in [1.54, 1.807) is 0 Å². The van der Waals surface area contributed by atoms with Crippen molar-refractivity contribution < 1.29 is 8.42 Å². The number of nitrogen functional groups attached to an aromatic ring is 1. The molecule has 0 radical (unpaired) electrons. The van der Waals surface area contributed by atoms with E-state index in [2.05, 4.69) is 14.7 Å². The minimum Gasteiger partial charge on any atom is -0.382 e. The van der Waals surface area contributed by atoms with Gasteiger partial charge in [-0.15, -0.1) is 0 Å². The zero-order valence-electron chi connectivity index (χ0n) is 13.5. The molecule has 122 valence electrons. The number of nitrogens with one attached hydrogen (secondary N) is 1. The van der Waals surface area contributed by atoms with Crippen LogP contribution in [-0.2, 0) is 16.8 Å². The summed E-state index contributed by atoms with van der Waals surface area (Å²) in [4.78, 5) is 8.73. The van der Waals surface area contributed by atoms with E-state index < -0.39 is 10.2 Å². The monoisotopic (exact) mass is 326 g/mol. The molecule has 0 bridgehead atoms. The third kappa shape index (κ3) is 2.92. The first-order valence-electron chi connectivity index (χ1n) is 6.91. The Morgan fingerprint density at radius 1 is 1.23 bits per heavy atom. The van der Waals surface area contributed by atoms with Gasteiger partial charge in [0.15, 0.2) is 5.82 Å².